The number of urea groups is 1. The highest BCUT2D eigenvalue weighted by Gasteiger charge is 2.15. The molecule has 0 unspecified atom stereocenters. The zero-order valence-electron chi connectivity index (χ0n) is 18.5. The van der Waals surface area contributed by atoms with E-state index in [0.717, 1.165) is 54.3 Å². The van der Waals surface area contributed by atoms with Gasteiger partial charge in [-0.15, -0.1) is 0 Å². The fraction of sp³-hybridized carbons (Fsp3) is 0.364. The third-order valence-electron chi connectivity index (χ3n) is 5.22. The number of rotatable bonds is 6. The Morgan fingerprint density at radius 2 is 1.81 bits per heavy atom. The van der Waals surface area contributed by atoms with Gasteiger partial charge >= 0.3 is 6.03 Å². The molecular formula is C22H29N9O. The molecule has 3 heterocycles. The van der Waals surface area contributed by atoms with Crippen LogP contribution in [0.3, 0.4) is 0 Å². The summed E-state index contributed by atoms with van der Waals surface area (Å²) >= 11 is 0. The van der Waals surface area contributed by atoms with Crippen LogP contribution in [-0.4, -0.2) is 45.3 Å². The number of nitrogens with one attached hydrogen (secondary N) is 6. The van der Waals surface area contributed by atoms with Crippen LogP contribution < -0.4 is 26.6 Å². The van der Waals surface area contributed by atoms with Gasteiger partial charge in [0.25, 0.3) is 0 Å². The maximum atomic E-state index is 12.3. The van der Waals surface area contributed by atoms with Crippen molar-refractivity contribution in [2.45, 2.75) is 39.7 Å². The van der Waals surface area contributed by atoms with Crippen LogP contribution in [0.1, 0.15) is 29.8 Å². The predicted molar refractivity (Wildman–Crippen MR) is 126 cm³/mol. The highest BCUT2D eigenvalue weighted by molar-refractivity contribution is 5.90. The smallest absolute Gasteiger partial charge is 0.319 e. The van der Waals surface area contributed by atoms with Gasteiger partial charge in [-0.3, -0.25) is 5.10 Å². The summed E-state index contributed by atoms with van der Waals surface area (Å²) in [5, 5.41) is 22.8. The standard InChI is InChI=1S/C22H29N9O/c1-13-10-17(26-22(32)25-16-6-8-23-9-7-16)4-5-18(13)27-21-24-14(2)11-19(29-21)28-20-12-15(3)30-31-20/h4-5,10-12,16,23H,6-9H2,1-3H3,(H2,25,26,32)(H3,24,27,28,29,30,31). The molecule has 6 N–H and O–H groups in total. The number of carbonyl (C=O) groups excluding carboxylic acids is 1. The molecule has 10 heteroatoms. The molecular weight excluding hydrogens is 406 g/mol. The molecule has 0 aliphatic carbocycles. The van der Waals surface area contributed by atoms with E-state index < -0.39 is 0 Å². The van der Waals surface area contributed by atoms with E-state index in [4.69, 9.17) is 0 Å². The van der Waals surface area contributed by atoms with Crippen LogP contribution >= 0.6 is 0 Å². The van der Waals surface area contributed by atoms with Crippen molar-refractivity contribution in [3.05, 3.63) is 47.3 Å². The number of anilines is 5. The number of amides is 2. The van der Waals surface area contributed by atoms with Gasteiger partial charge in [0.05, 0.1) is 0 Å². The van der Waals surface area contributed by atoms with Crippen LogP contribution in [-0.2, 0) is 0 Å². The minimum absolute atomic E-state index is 0.177. The summed E-state index contributed by atoms with van der Waals surface area (Å²) in [5.74, 6) is 1.82. The van der Waals surface area contributed by atoms with Gasteiger partial charge in [0.2, 0.25) is 5.95 Å². The third kappa shape index (κ3) is 5.73. The molecule has 168 valence electrons. The Hall–Kier alpha value is -3.66. The Labute approximate surface area is 187 Å². The maximum absolute atomic E-state index is 12.3. The lowest BCUT2D eigenvalue weighted by Gasteiger charge is -2.23. The number of aromatic amines is 1. The monoisotopic (exact) mass is 435 g/mol. The van der Waals surface area contributed by atoms with Gasteiger partial charge in [0.15, 0.2) is 5.82 Å². The summed E-state index contributed by atoms with van der Waals surface area (Å²) < 4.78 is 0. The second kappa shape index (κ2) is 9.65. The first-order chi connectivity index (χ1) is 15.4. The predicted octanol–water partition coefficient (Wildman–Crippen LogP) is 3.49. The average molecular weight is 436 g/mol. The summed E-state index contributed by atoms with van der Waals surface area (Å²) in [5.41, 5.74) is 4.35. The zero-order chi connectivity index (χ0) is 22.5. The number of piperidine rings is 1. The Bertz CT molecular complexity index is 1090. The van der Waals surface area contributed by atoms with Crippen LogP contribution in [0.25, 0.3) is 0 Å². The molecule has 0 saturated carbocycles. The Morgan fingerprint density at radius 3 is 2.53 bits per heavy atom. The summed E-state index contributed by atoms with van der Waals surface area (Å²) in [4.78, 5) is 21.3. The molecule has 2 amide bonds. The SMILES string of the molecule is Cc1cc(Nc2cc(C)[nH]n2)nc(Nc2ccc(NC(=O)NC3CCNCC3)cc2C)n1. The summed E-state index contributed by atoms with van der Waals surface area (Å²) in [6.07, 6.45) is 1.89. The van der Waals surface area contributed by atoms with Gasteiger partial charge in [-0.25, -0.2) is 9.78 Å². The van der Waals surface area contributed by atoms with Gasteiger partial charge in [-0.1, -0.05) is 0 Å². The van der Waals surface area contributed by atoms with E-state index in [1.807, 2.05) is 51.1 Å². The van der Waals surface area contributed by atoms with Gasteiger partial charge in [-0.05, 0) is 70.5 Å². The fourth-order valence-corrected chi connectivity index (χ4v) is 3.62. The number of carbonyl (C=O) groups is 1. The topological polar surface area (TPSA) is 132 Å². The lowest BCUT2D eigenvalue weighted by atomic mass is 10.1. The molecule has 0 atom stereocenters. The van der Waals surface area contributed by atoms with Crippen molar-refractivity contribution >= 4 is 35.0 Å². The molecule has 1 aliphatic rings. The van der Waals surface area contributed by atoms with Crippen LogP contribution in [0.5, 0.6) is 0 Å². The van der Waals surface area contributed by atoms with Crippen LogP contribution in [0.4, 0.5) is 33.8 Å². The minimum atomic E-state index is -0.177. The molecule has 10 nitrogen and oxygen atoms in total. The van der Waals surface area contributed by atoms with Crippen molar-refractivity contribution in [3.8, 4) is 0 Å². The van der Waals surface area contributed by atoms with E-state index in [1.165, 1.54) is 0 Å². The summed E-state index contributed by atoms with van der Waals surface area (Å²) in [7, 11) is 0. The second-order valence-electron chi connectivity index (χ2n) is 8.06. The summed E-state index contributed by atoms with van der Waals surface area (Å²) in [6, 6.07) is 9.49. The highest BCUT2D eigenvalue weighted by atomic mass is 16.2. The van der Waals surface area contributed by atoms with E-state index in [9.17, 15) is 4.79 Å². The van der Waals surface area contributed by atoms with E-state index >= 15 is 0 Å². The average Bonchev–Trinajstić information content (AvgIpc) is 3.15. The van der Waals surface area contributed by atoms with Crippen molar-refractivity contribution in [2.24, 2.45) is 0 Å². The zero-order valence-corrected chi connectivity index (χ0v) is 18.5. The van der Waals surface area contributed by atoms with Crippen molar-refractivity contribution in [3.63, 3.8) is 0 Å². The van der Waals surface area contributed by atoms with Crippen molar-refractivity contribution in [1.29, 1.82) is 0 Å². The first-order valence-electron chi connectivity index (χ1n) is 10.8. The number of hydrogen-bond donors (Lipinski definition) is 6. The molecule has 0 bridgehead atoms. The van der Waals surface area contributed by atoms with E-state index in [0.29, 0.717) is 17.6 Å². The molecule has 0 spiro atoms. The Kier molecular flexibility index (Phi) is 6.50. The molecule has 2 aromatic heterocycles. The second-order valence-corrected chi connectivity index (χ2v) is 8.06. The quantitative estimate of drug-likeness (QED) is 0.349. The molecule has 1 aromatic carbocycles. The van der Waals surface area contributed by atoms with E-state index in [1.54, 1.807) is 0 Å². The van der Waals surface area contributed by atoms with E-state index in [-0.39, 0.29) is 12.1 Å². The first-order valence-corrected chi connectivity index (χ1v) is 10.8. The number of aromatic nitrogens is 4. The van der Waals surface area contributed by atoms with Gasteiger partial charge in [0, 0.05) is 40.9 Å². The number of H-pyrrole nitrogens is 1. The van der Waals surface area contributed by atoms with Crippen molar-refractivity contribution in [1.82, 2.24) is 30.8 Å². The van der Waals surface area contributed by atoms with Crippen LogP contribution in [0, 0.1) is 20.8 Å². The largest absolute Gasteiger partial charge is 0.335 e. The minimum Gasteiger partial charge on any atom is -0.335 e. The normalized spacial score (nSPS) is 14.1. The molecule has 1 fully saturated rings. The summed E-state index contributed by atoms with van der Waals surface area (Å²) in [6.45, 7) is 7.69. The number of nitrogens with zero attached hydrogens (tertiary/aromatic N) is 3. The van der Waals surface area contributed by atoms with Crippen molar-refractivity contribution in [2.75, 3.05) is 29.0 Å². The van der Waals surface area contributed by atoms with Gasteiger partial charge < -0.3 is 26.6 Å². The first kappa shape index (κ1) is 21.6. The molecule has 1 saturated heterocycles. The molecule has 1 aliphatic heterocycles. The molecule has 3 aromatic rings. The number of benzene rings is 1. The Morgan fingerprint density at radius 1 is 1.00 bits per heavy atom. The molecule has 0 radical (unpaired) electrons. The van der Waals surface area contributed by atoms with Gasteiger partial charge in [-0.2, -0.15) is 10.1 Å². The number of hydrogen-bond acceptors (Lipinski definition) is 7. The number of aryl methyl sites for hydroxylation is 3. The Balaban J connectivity index is 1.40. The maximum Gasteiger partial charge on any atom is 0.319 e. The van der Waals surface area contributed by atoms with Crippen LogP contribution in [0.2, 0.25) is 0 Å². The molecule has 4 rings (SSSR count). The fourth-order valence-electron chi connectivity index (χ4n) is 3.62. The van der Waals surface area contributed by atoms with Gasteiger partial charge in [0.1, 0.15) is 5.82 Å². The third-order valence-corrected chi connectivity index (χ3v) is 5.22. The van der Waals surface area contributed by atoms with E-state index in [2.05, 4.69) is 46.7 Å². The van der Waals surface area contributed by atoms with Crippen molar-refractivity contribution < 1.29 is 4.79 Å². The van der Waals surface area contributed by atoms with Crippen LogP contribution in [0.15, 0.2) is 30.3 Å². The lowest BCUT2D eigenvalue weighted by molar-refractivity contribution is 0.245. The lowest BCUT2D eigenvalue weighted by Crippen LogP contribution is -2.44. The molecule has 32 heavy (non-hydrogen) atoms. The highest BCUT2D eigenvalue weighted by Crippen LogP contribution is 2.24.